The molecule has 0 fully saturated rings. The molecule has 0 aromatic carbocycles. The molecule has 0 aromatic heterocycles. The van der Waals surface area contributed by atoms with E-state index >= 15 is 0 Å². The minimum absolute atomic E-state index is 0.365. The molecule has 0 radical (unpaired) electrons. The molecule has 2 nitrogen and oxygen atoms in total. The van der Waals surface area contributed by atoms with Gasteiger partial charge in [0, 0.05) is 6.42 Å². The Kier molecular flexibility index (Phi) is 10.3. The van der Waals surface area contributed by atoms with E-state index < -0.39 is 5.97 Å². The van der Waals surface area contributed by atoms with Crippen molar-refractivity contribution in [3.63, 3.8) is 0 Å². The zero-order chi connectivity index (χ0) is 14.5. The van der Waals surface area contributed by atoms with E-state index in [0.717, 1.165) is 25.7 Å². The molecule has 0 aliphatic heterocycles. The third kappa shape index (κ3) is 10.1. The van der Waals surface area contributed by atoms with Crippen LogP contribution in [0.2, 0.25) is 0 Å². The van der Waals surface area contributed by atoms with Crippen LogP contribution < -0.4 is 0 Å². The number of hydrogen-bond acceptors (Lipinski definition) is 1. The molecule has 1 atom stereocenters. The highest BCUT2D eigenvalue weighted by molar-refractivity contribution is 5.66. The highest BCUT2D eigenvalue weighted by atomic mass is 16.4. The molecular formula is C18H32O2. The lowest BCUT2D eigenvalue weighted by molar-refractivity contribution is -0.138. The molecule has 1 aliphatic rings. The Morgan fingerprint density at radius 3 is 1.95 bits per heavy atom. The van der Waals surface area contributed by atoms with Gasteiger partial charge in [0.15, 0.2) is 0 Å². The molecule has 116 valence electrons. The van der Waals surface area contributed by atoms with Crippen molar-refractivity contribution in [3.05, 3.63) is 12.2 Å². The standard InChI is InChI=1S/C18H32O2/c19-18(20)16-17-14-12-10-8-6-4-2-1-3-5-7-9-11-13-15-17/h6,8,17H,1-5,7,9-16H2,(H,19,20)/b8-6-/t17-/m0/s1. The van der Waals surface area contributed by atoms with Crippen LogP contribution in [0.3, 0.4) is 0 Å². The first-order valence-corrected chi connectivity index (χ1v) is 8.66. The summed E-state index contributed by atoms with van der Waals surface area (Å²) in [5.74, 6) is -0.228. The SMILES string of the molecule is O=C(O)C[C@H]1CCC/C=C\CCCCCCCCCC1. The van der Waals surface area contributed by atoms with E-state index in [9.17, 15) is 4.79 Å². The van der Waals surface area contributed by atoms with Crippen LogP contribution in [-0.4, -0.2) is 11.1 Å². The topological polar surface area (TPSA) is 37.3 Å². The summed E-state index contributed by atoms with van der Waals surface area (Å²) < 4.78 is 0. The van der Waals surface area contributed by atoms with Crippen LogP contribution in [-0.2, 0) is 4.79 Å². The van der Waals surface area contributed by atoms with Crippen molar-refractivity contribution in [2.75, 3.05) is 0 Å². The van der Waals surface area contributed by atoms with Gasteiger partial charge in [0.25, 0.3) is 0 Å². The smallest absolute Gasteiger partial charge is 0.303 e. The minimum atomic E-state index is -0.625. The first-order valence-electron chi connectivity index (χ1n) is 8.66. The highest BCUT2D eigenvalue weighted by Gasteiger charge is 2.12. The largest absolute Gasteiger partial charge is 0.481 e. The van der Waals surface area contributed by atoms with Gasteiger partial charge >= 0.3 is 5.97 Å². The molecule has 0 saturated carbocycles. The van der Waals surface area contributed by atoms with Crippen LogP contribution in [0.15, 0.2) is 12.2 Å². The molecule has 0 saturated heterocycles. The van der Waals surface area contributed by atoms with Crippen LogP contribution in [0.1, 0.15) is 89.9 Å². The molecule has 2 heteroatoms. The van der Waals surface area contributed by atoms with Gasteiger partial charge in [-0.25, -0.2) is 0 Å². The van der Waals surface area contributed by atoms with Crippen LogP contribution in [0.25, 0.3) is 0 Å². The molecule has 1 rings (SSSR count). The molecule has 20 heavy (non-hydrogen) atoms. The fourth-order valence-corrected chi connectivity index (χ4v) is 3.11. The third-order valence-corrected chi connectivity index (χ3v) is 4.35. The van der Waals surface area contributed by atoms with Crippen molar-refractivity contribution in [2.45, 2.75) is 89.9 Å². The van der Waals surface area contributed by atoms with Gasteiger partial charge in [0.05, 0.1) is 0 Å². The van der Waals surface area contributed by atoms with Gasteiger partial charge in [-0.2, -0.15) is 0 Å². The maximum Gasteiger partial charge on any atom is 0.303 e. The second kappa shape index (κ2) is 12.0. The predicted molar refractivity (Wildman–Crippen MR) is 84.9 cm³/mol. The Morgan fingerprint density at radius 1 is 0.800 bits per heavy atom. The Morgan fingerprint density at radius 2 is 1.30 bits per heavy atom. The average Bonchev–Trinajstić information content (AvgIpc) is 2.40. The van der Waals surface area contributed by atoms with Crippen LogP contribution in [0, 0.1) is 5.92 Å². The number of aliphatic carboxylic acids is 1. The predicted octanol–water partition coefficient (Wildman–Crippen LogP) is 5.72. The van der Waals surface area contributed by atoms with Gasteiger partial charge in [0.1, 0.15) is 0 Å². The molecule has 0 bridgehead atoms. The Balaban J connectivity index is 2.32. The number of carbonyl (C=O) groups is 1. The summed E-state index contributed by atoms with van der Waals surface area (Å²) in [4.78, 5) is 10.9. The molecular weight excluding hydrogens is 248 g/mol. The van der Waals surface area contributed by atoms with Gasteiger partial charge in [-0.05, 0) is 44.4 Å². The lowest BCUT2D eigenvalue weighted by Gasteiger charge is -2.14. The second-order valence-corrected chi connectivity index (χ2v) is 6.27. The van der Waals surface area contributed by atoms with Crippen LogP contribution in [0.5, 0.6) is 0 Å². The first-order chi connectivity index (χ1) is 9.79. The summed E-state index contributed by atoms with van der Waals surface area (Å²) in [6, 6.07) is 0. The van der Waals surface area contributed by atoms with E-state index in [1.54, 1.807) is 0 Å². The minimum Gasteiger partial charge on any atom is -0.481 e. The van der Waals surface area contributed by atoms with Crippen molar-refractivity contribution in [1.29, 1.82) is 0 Å². The molecule has 0 heterocycles. The van der Waals surface area contributed by atoms with E-state index in [2.05, 4.69) is 12.2 Å². The Bertz CT molecular complexity index is 271. The fraction of sp³-hybridized carbons (Fsp3) is 0.833. The monoisotopic (exact) mass is 280 g/mol. The number of hydrogen-bond donors (Lipinski definition) is 1. The number of rotatable bonds is 2. The lowest BCUT2D eigenvalue weighted by Crippen LogP contribution is -2.08. The second-order valence-electron chi connectivity index (χ2n) is 6.27. The summed E-state index contributed by atoms with van der Waals surface area (Å²) in [5, 5.41) is 8.99. The molecule has 1 N–H and O–H groups in total. The number of carboxylic acids is 1. The molecule has 0 amide bonds. The van der Waals surface area contributed by atoms with E-state index in [-0.39, 0.29) is 0 Å². The highest BCUT2D eigenvalue weighted by Crippen LogP contribution is 2.21. The van der Waals surface area contributed by atoms with Crippen molar-refractivity contribution in [2.24, 2.45) is 5.92 Å². The van der Waals surface area contributed by atoms with Crippen molar-refractivity contribution >= 4 is 5.97 Å². The Labute approximate surface area is 124 Å². The van der Waals surface area contributed by atoms with Gasteiger partial charge < -0.3 is 5.11 Å². The first kappa shape index (κ1) is 17.3. The van der Waals surface area contributed by atoms with Gasteiger partial charge in [-0.1, -0.05) is 57.1 Å². The van der Waals surface area contributed by atoms with E-state index in [4.69, 9.17) is 5.11 Å². The quantitative estimate of drug-likeness (QED) is 0.657. The van der Waals surface area contributed by atoms with E-state index in [1.807, 2.05) is 0 Å². The molecule has 0 unspecified atom stereocenters. The van der Waals surface area contributed by atoms with Crippen molar-refractivity contribution in [1.82, 2.24) is 0 Å². The number of allylic oxidation sites excluding steroid dienone is 2. The van der Waals surface area contributed by atoms with Crippen LogP contribution >= 0.6 is 0 Å². The Hall–Kier alpha value is -0.790. The summed E-state index contributed by atoms with van der Waals surface area (Å²) in [7, 11) is 0. The third-order valence-electron chi connectivity index (χ3n) is 4.35. The molecule has 0 aromatic rings. The molecule has 0 spiro atoms. The lowest BCUT2D eigenvalue weighted by atomic mass is 9.92. The normalized spacial score (nSPS) is 25.9. The van der Waals surface area contributed by atoms with Crippen molar-refractivity contribution in [3.8, 4) is 0 Å². The number of carboxylic acid groups (broad SMARTS) is 1. The summed E-state index contributed by atoms with van der Waals surface area (Å²) in [6.07, 6.45) is 21.3. The zero-order valence-electron chi connectivity index (χ0n) is 13.0. The molecule has 1 aliphatic carbocycles. The zero-order valence-corrected chi connectivity index (χ0v) is 13.0. The summed E-state index contributed by atoms with van der Waals surface area (Å²) >= 11 is 0. The summed E-state index contributed by atoms with van der Waals surface area (Å²) in [6.45, 7) is 0. The van der Waals surface area contributed by atoms with Gasteiger partial charge in [0.2, 0.25) is 0 Å². The van der Waals surface area contributed by atoms with Crippen molar-refractivity contribution < 1.29 is 9.90 Å². The summed E-state index contributed by atoms with van der Waals surface area (Å²) in [5.41, 5.74) is 0. The maximum atomic E-state index is 10.9. The van der Waals surface area contributed by atoms with E-state index in [1.165, 1.54) is 57.8 Å². The van der Waals surface area contributed by atoms with Crippen LogP contribution in [0.4, 0.5) is 0 Å². The van der Waals surface area contributed by atoms with Gasteiger partial charge in [-0.15, -0.1) is 0 Å². The average molecular weight is 280 g/mol. The van der Waals surface area contributed by atoms with Gasteiger partial charge in [-0.3, -0.25) is 4.79 Å². The fourth-order valence-electron chi connectivity index (χ4n) is 3.11. The maximum absolute atomic E-state index is 10.9. The van der Waals surface area contributed by atoms with E-state index in [0.29, 0.717) is 12.3 Å².